The third-order valence-electron chi connectivity index (χ3n) is 5.72. The Balaban J connectivity index is 1.50. The normalized spacial score (nSPS) is 16.2. The van der Waals surface area contributed by atoms with Crippen molar-refractivity contribution >= 4 is 44.3 Å². The van der Waals surface area contributed by atoms with E-state index >= 15 is 0 Å². The molecule has 0 radical (unpaired) electrons. The number of aromatic nitrogens is 3. The van der Waals surface area contributed by atoms with Crippen molar-refractivity contribution in [2.24, 2.45) is 0 Å². The topological polar surface area (TPSA) is 79.3 Å². The summed E-state index contributed by atoms with van der Waals surface area (Å²) in [6, 6.07) is 9.69. The zero-order valence-corrected chi connectivity index (χ0v) is 18.1. The van der Waals surface area contributed by atoms with Crippen molar-refractivity contribution in [1.82, 2.24) is 24.8 Å². The van der Waals surface area contributed by atoms with E-state index in [0.717, 1.165) is 33.1 Å². The monoisotopic (exact) mass is 431 g/mol. The summed E-state index contributed by atoms with van der Waals surface area (Å²) in [5, 5.41) is 1.85. The van der Waals surface area contributed by atoms with Crippen LogP contribution >= 0.6 is 11.3 Å². The number of hydrogen-bond donors (Lipinski definition) is 0. The fourth-order valence-electron chi connectivity index (χ4n) is 4.20. The second-order valence-electron chi connectivity index (χ2n) is 7.87. The van der Waals surface area contributed by atoms with Gasteiger partial charge in [-0.3, -0.25) is 19.6 Å². The van der Waals surface area contributed by atoms with Gasteiger partial charge in [-0.15, -0.1) is 11.3 Å². The third-order valence-corrected chi connectivity index (χ3v) is 6.81. The van der Waals surface area contributed by atoms with Gasteiger partial charge < -0.3 is 9.80 Å². The SMILES string of the molecule is CN(C)C(=O)c1sc2nccnc2c1[C@H]1CCN(C(=O)c2nccc3ccccc23)C1. The highest BCUT2D eigenvalue weighted by Gasteiger charge is 2.34. The van der Waals surface area contributed by atoms with E-state index in [1.54, 1.807) is 37.6 Å². The lowest BCUT2D eigenvalue weighted by Crippen LogP contribution is -2.29. The lowest BCUT2D eigenvalue weighted by molar-refractivity contribution is 0.0787. The fraction of sp³-hybridized carbons (Fsp3) is 0.261. The standard InChI is InChI=1S/C23H21N5O2S/c1-27(2)23(30)20-17(19-21(31-20)26-11-10-25-19)15-8-12-28(13-15)22(29)18-16-6-4-3-5-14(16)7-9-24-18/h3-7,9-11,15H,8,12-13H2,1-2H3/t15-/m0/s1. The Morgan fingerprint density at radius 1 is 1.06 bits per heavy atom. The summed E-state index contributed by atoms with van der Waals surface area (Å²) < 4.78 is 0. The van der Waals surface area contributed by atoms with Crippen molar-refractivity contribution in [2.45, 2.75) is 12.3 Å². The summed E-state index contributed by atoms with van der Waals surface area (Å²) in [5.41, 5.74) is 2.14. The van der Waals surface area contributed by atoms with Crippen LogP contribution in [-0.4, -0.2) is 63.8 Å². The molecule has 5 rings (SSSR count). The van der Waals surface area contributed by atoms with Crippen molar-refractivity contribution in [1.29, 1.82) is 0 Å². The number of pyridine rings is 1. The minimum atomic E-state index is -0.0783. The molecule has 31 heavy (non-hydrogen) atoms. The van der Waals surface area contributed by atoms with Gasteiger partial charge in [-0.1, -0.05) is 24.3 Å². The van der Waals surface area contributed by atoms with Crippen LogP contribution in [0, 0.1) is 0 Å². The second kappa shape index (κ2) is 7.70. The van der Waals surface area contributed by atoms with Gasteiger partial charge in [-0.2, -0.15) is 0 Å². The maximum absolute atomic E-state index is 13.3. The maximum atomic E-state index is 13.3. The highest BCUT2D eigenvalue weighted by atomic mass is 32.1. The van der Waals surface area contributed by atoms with E-state index in [4.69, 9.17) is 0 Å². The fourth-order valence-corrected chi connectivity index (χ4v) is 5.41. The highest BCUT2D eigenvalue weighted by molar-refractivity contribution is 7.20. The van der Waals surface area contributed by atoms with Gasteiger partial charge in [0.25, 0.3) is 11.8 Å². The van der Waals surface area contributed by atoms with E-state index in [1.165, 1.54) is 11.3 Å². The van der Waals surface area contributed by atoms with Crippen LogP contribution in [-0.2, 0) is 0 Å². The van der Waals surface area contributed by atoms with Gasteiger partial charge in [0, 0.05) is 62.6 Å². The molecule has 7 nitrogen and oxygen atoms in total. The van der Waals surface area contributed by atoms with Crippen molar-refractivity contribution < 1.29 is 9.59 Å². The van der Waals surface area contributed by atoms with E-state index in [9.17, 15) is 9.59 Å². The molecule has 1 aliphatic heterocycles. The molecule has 0 bridgehead atoms. The molecule has 1 saturated heterocycles. The van der Waals surface area contributed by atoms with Gasteiger partial charge in [0.05, 0.1) is 4.88 Å². The van der Waals surface area contributed by atoms with Crippen LogP contribution in [0.15, 0.2) is 48.9 Å². The van der Waals surface area contributed by atoms with Crippen LogP contribution in [0.25, 0.3) is 21.1 Å². The molecule has 0 unspecified atom stereocenters. The van der Waals surface area contributed by atoms with Crippen molar-refractivity contribution in [3.05, 3.63) is 65.1 Å². The Morgan fingerprint density at radius 3 is 2.71 bits per heavy atom. The second-order valence-corrected chi connectivity index (χ2v) is 8.87. The van der Waals surface area contributed by atoms with E-state index in [1.807, 2.05) is 35.2 Å². The molecule has 2 amide bonds. The van der Waals surface area contributed by atoms with Crippen LogP contribution in [0.2, 0.25) is 0 Å². The largest absolute Gasteiger partial charge is 0.344 e. The molecule has 0 saturated carbocycles. The molecular weight excluding hydrogens is 410 g/mol. The van der Waals surface area contributed by atoms with Gasteiger partial charge in [0.1, 0.15) is 16.0 Å². The first kappa shape index (κ1) is 19.6. The van der Waals surface area contributed by atoms with Crippen molar-refractivity contribution in [3.63, 3.8) is 0 Å². The number of likely N-dealkylation sites (tertiary alicyclic amines) is 1. The molecule has 4 heterocycles. The van der Waals surface area contributed by atoms with Gasteiger partial charge in [0.15, 0.2) is 0 Å². The van der Waals surface area contributed by atoms with Gasteiger partial charge in [0.2, 0.25) is 0 Å². The molecule has 3 aromatic heterocycles. The van der Waals surface area contributed by atoms with Crippen LogP contribution < -0.4 is 0 Å². The van der Waals surface area contributed by atoms with E-state index in [0.29, 0.717) is 23.7 Å². The zero-order valence-electron chi connectivity index (χ0n) is 17.3. The number of fused-ring (bicyclic) bond motifs is 2. The number of thiophene rings is 1. The Kier molecular flexibility index (Phi) is 4.86. The summed E-state index contributed by atoms with van der Waals surface area (Å²) in [6.07, 6.45) is 5.75. The lowest BCUT2D eigenvalue weighted by atomic mass is 9.97. The van der Waals surface area contributed by atoms with Crippen LogP contribution in [0.4, 0.5) is 0 Å². The summed E-state index contributed by atoms with van der Waals surface area (Å²) >= 11 is 1.37. The first-order valence-corrected chi connectivity index (χ1v) is 10.9. The number of rotatable bonds is 3. The summed E-state index contributed by atoms with van der Waals surface area (Å²) in [4.78, 5) is 44.3. The number of carbonyl (C=O) groups excluding carboxylic acids is 2. The highest BCUT2D eigenvalue weighted by Crippen LogP contribution is 2.39. The molecule has 0 aliphatic carbocycles. The zero-order chi connectivity index (χ0) is 21.5. The Labute approximate surface area is 183 Å². The average Bonchev–Trinajstić information content (AvgIpc) is 3.42. The van der Waals surface area contributed by atoms with Gasteiger partial charge in [-0.25, -0.2) is 4.98 Å². The number of hydrogen-bond acceptors (Lipinski definition) is 6. The number of carbonyl (C=O) groups is 2. The molecule has 0 N–H and O–H groups in total. The maximum Gasteiger partial charge on any atom is 0.273 e. The van der Waals surface area contributed by atoms with Crippen LogP contribution in [0.3, 0.4) is 0 Å². The van der Waals surface area contributed by atoms with Gasteiger partial charge in [-0.05, 0) is 17.9 Å². The molecule has 156 valence electrons. The Hall–Kier alpha value is -3.39. The molecule has 1 aliphatic rings. The Bertz CT molecular complexity index is 1310. The minimum absolute atomic E-state index is 0.0308. The summed E-state index contributed by atoms with van der Waals surface area (Å²) in [6.45, 7) is 1.14. The van der Waals surface area contributed by atoms with E-state index < -0.39 is 0 Å². The Morgan fingerprint density at radius 2 is 1.87 bits per heavy atom. The molecule has 1 atom stereocenters. The predicted molar refractivity (Wildman–Crippen MR) is 120 cm³/mol. The van der Waals surface area contributed by atoms with Crippen molar-refractivity contribution in [3.8, 4) is 0 Å². The first-order chi connectivity index (χ1) is 15.0. The van der Waals surface area contributed by atoms with Gasteiger partial charge >= 0.3 is 0 Å². The number of nitrogens with zero attached hydrogens (tertiary/aromatic N) is 5. The molecule has 1 aromatic carbocycles. The quantitative estimate of drug-likeness (QED) is 0.495. The molecule has 0 spiro atoms. The molecule has 4 aromatic rings. The number of benzene rings is 1. The first-order valence-electron chi connectivity index (χ1n) is 10.1. The summed E-state index contributed by atoms with van der Waals surface area (Å²) in [7, 11) is 3.49. The van der Waals surface area contributed by atoms with Crippen LogP contribution in [0.1, 0.15) is 38.1 Å². The lowest BCUT2D eigenvalue weighted by Gasteiger charge is -2.18. The minimum Gasteiger partial charge on any atom is -0.344 e. The van der Waals surface area contributed by atoms with Crippen LogP contribution in [0.5, 0.6) is 0 Å². The summed E-state index contributed by atoms with van der Waals surface area (Å²) in [5.74, 6) is -0.103. The smallest absolute Gasteiger partial charge is 0.273 e. The number of amides is 2. The van der Waals surface area contributed by atoms with E-state index in [2.05, 4.69) is 15.0 Å². The molecular formula is C23H21N5O2S. The van der Waals surface area contributed by atoms with Crippen molar-refractivity contribution in [2.75, 3.05) is 27.2 Å². The van der Waals surface area contributed by atoms with E-state index in [-0.39, 0.29) is 17.7 Å². The average molecular weight is 432 g/mol. The third kappa shape index (κ3) is 3.33. The predicted octanol–water partition coefficient (Wildman–Crippen LogP) is 3.57. The molecule has 1 fully saturated rings. The molecule has 8 heteroatoms.